The second-order valence-electron chi connectivity index (χ2n) is 4.82. The summed E-state index contributed by atoms with van der Waals surface area (Å²) in [5, 5.41) is 3.22. The van der Waals surface area contributed by atoms with E-state index in [4.69, 9.17) is 11.2 Å². The molecule has 0 radical (unpaired) electrons. The summed E-state index contributed by atoms with van der Waals surface area (Å²) in [7, 11) is 1.43. The van der Waals surface area contributed by atoms with Gasteiger partial charge in [0.1, 0.15) is 5.54 Å². The molecule has 0 saturated heterocycles. The van der Waals surface area contributed by atoms with Crippen molar-refractivity contribution in [1.82, 2.24) is 5.32 Å². The first-order valence-electron chi connectivity index (χ1n) is 6.60. The van der Waals surface area contributed by atoms with Crippen molar-refractivity contribution in [1.29, 1.82) is 0 Å². The maximum absolute atomic E-state index is 12.4. The Bertz CT molecular complexity index is 504. The van der Waals surface area contributed by atoms with E-state index in [0.29, 0.717) is 6.54 Å². The van der Waals surface area contributed by atoms with Crippen LogP contribution in [0.15, 0.2) is 24.3 Å². The number of fused-ring (bicyclic) bond motifs is 1. The third-order valence-corrected chi connectivity index (χ3v) is 3.75. The summed E-state index contributed by atoms with van der Waals surface area (Å²) in [6.07, 6.45) is 9.10. The molecular weight excluding hydrogens is 238 g/mol. The van der Waals surface area contributed by atoms with Gasteiger partial charge in [0.15, 0.2) is 0 Å². The van der Waals surface area contributed by atoms with E-state index in [1.165, 1.54) is 12.7 Å². The van der Waals surface area contributed by atoms with Crippen LogP contribution in [0.1, 0.15) is 30.4 Å². The van der Waals surface area contributed by atoms with Crippen molar-refractivity contribution in [3.05, 3.63) is 35.4 Å². The van der Waals surface area contributed by atoms with Gasteiger partial charge in [0.25, 0.3) is 0 Å². The van der Waals surface area contributed by atoms with Crippen LogP contribution in [0.2, 0.25) is 0 Å². The SMILES string of the molecule is C#CCNC1(C(=O)OC)CCCCc2ccccc21. The number of hydrogen-bond acceptors (Lipinski definition) is 3. The molecule has 1 atom stereocenters. The number of rotatable bonds is 3. The van der Waals surface area contributed by atoms with Gasteiger partial charge in [-0.15, -0.1) is 6.42 Å². The predicted octanol–water partition coefficient (Wildman–Crippen LogP) is 2.00. The van der Waals surface area contributed by atoms with Crippen LogP contribution >= 0.6 is 0 Å². The number of carbonyl (C=O) groups is 1. The summed E-state index contributed by atoms with van der Waals surface area (Å²) >= 11 is 0. The zero-order chi connectivity index (χ0) is 13.7. The lowest BCUT2D eigenvalue weighted by molar-refractivity contribution is -0.149. The minimum Gasteiger partial charge on any atom is -0.467 e. The van der Waals surface area contributed by atoms with E-state index in [9.17, 15) is 4.79 Å². The number of esters is 1. The van der Waals surface area contributed by atoms with Crippen molar-refractivity contribution >= 4 is 5.97 Å². The molecule has 1 unspecified atom stereocenters. The molecule has 2 rings (SSSR count). The first-order chi connectivity index (χ1) is 9.24. The molecule has 0 saturated carbocycles. The summed E-state index contributed by atoms with van der Waals surface area (Å²) in [5.41, 5.74) is 1.42. The maximum atomic E-state index is 12.4. The van der Waals surface area contributed by atoms with Crippen LogP contribution in [-0.2, 0) is 21.5 Å². The van der Waals surface area contributed by atoms with Crippen LogP contribution in [0.4, 0.5) is 0 Å². The topological polar surface area (TPSA) is 38.3 Å². The number of terminal acetylenes is 1. The highest BCUT2D eigenvalue weighted by molar-refractivity contribution is 5.83. The summed E-state index contributed by atoms with van der Waals surface area (Å²) in [6.45, 7) is 0.351. The maximum Gasteiger partial charge on any atom is 0.330 e. The third kappa shape index (κ3) is 2.50. The van der Waals surface area contributed by atoms with E-state index in [1.807, 2.05) is 18.2 Å². The molecule has 19 heavy (non-hydrogen) atoms. The summed E-state index contributed by atoms with van der Waals surface area (Å²) in [6, 6.07) is 8.05. The van der Waals surface area contributed by atoms with E-state index in [0.717, 1.165) is 31.2 Å². The van der Waals surface area contributed by atoms with Crippen molar-refractivity contribution in [3.63, 3.8) is 0 Å². The second kappa shape index (κ2) is 5.90. The molecule has 0 bridgehead atoms. The Labute approximate surface area is 114 Å². The van der Waals surface area contributed by atoms with Gasteiger partial charge in [-0.2, -0.15) is 0 Å². The average Bonchev–Trinajstić information content (AvgIpc) is 2.65. The van der Waals surface area contributed by atoms with Gasteiger partial charge in [-0.25, -0.2) is 4.79 Å². The predicted molar refractivity (Wildman–Crippen MR) is 74.5 cm³/mol. The molecule has 1 N–H and O–H groups in total. The number of ether oxygens (including phenoxy) is 1. The molecule has 0 heterocycles. The molecule has 3 heteroatoms. The first kappa shape index (κ1) is 13.6. The smallest absolute Gasteiger partial charge is 0.330 e. The molecule has 1 aromatic rings. The van der Waals surface area contributed by atoms with Crippen molar-refractivity contribution in [3.8, 4) is 12.3 Å². The summed E-state index contributed by atoms with van der Waals surface area (Å²) in [5.74, 6) is 2.30. The Kier molecular flexibility index (Phi) is 4.24. The minimum absolute atomic E-state index is 0.253. The fourth-order valence-corrected chi connectivity index (χ4v) is 2.84. The molecule has 0 spiro atoms. The zero-order valence-corrected chi connectivity index (χ0v) is 11.2. The standard InChI is InChI=1S/C16H19NO2/c1-3-12-17-16(15(18)19-2)11-7-6-9-13-8-4-5-10-14(13)16/h1,4-5,8,10,17H,6-7,9,11-12H2,2H3. The van der Waals surface area contributed by atoms with Crippen molar-refractivity contribution < 1.29 is 9.53 Å². The van der Waals surface area contributed by atoms with E-state index in [1.54, 1.807) is 0 Å². The van der Waals surface area contributed by atoms with Gasteiger partial charge in [-0.3, -0.25) is 5.32 Å². The number of benzene rings is 1. The number of nitrogens with one attached hydrogen (secondary N) is 1. The fourth-order valence-electron chi connectivity index (χ4n) is 2.84. The van der Waals surface area contributed by atoms with E-state index >= 15 is 0 Å². The molecule has 0 amide bonds. The highest BCUT2D eigenvalue weighted by Gasteiger charge is 2.42. The van der Waals surface area contributed by atoms with Gasteiger partial charge in [-0.1, -0.05) is 36.6 Å². The average molecular weight is 257 g/mol. The summed E-state index contributed by atoms with van der Waals surface area (Å²) < 4.78 is 5.03. The Morgan fingerprint density at radius 3 is 3.00 bits per heavy atom. The highest BCUT2D eigenvalue weighted by atomic mass is 16.5. The van der Waals surface area contributed by atoms with Gasteiger partial charge in [0.05, 0.1) is 13.7 Å². The number of methoxy groups -OCH3 is 1. The van der Waals surface area contributed by atoms with Crippen LogP contribution in [-0.4, -0.2) is 19.6 Å². The molecule has 0 fully saturated rings. The Morgan fingerprint density at radius 1 is 1.47 bits per heavy atom. The van der Waals surface area contributed by atoms with Crippen LogP contribution in [0.5, 0.6) is 0 Å². The Morgan fingerprint density at radius 2 is 2.26 bits per heavy atom. The van der Waals surface area contributed by atoms with Crippen LogP contribution < -0.4 is 5.32 Å². The highest BCUT2D eigenvalue weighted by Crippen LogP contribution is 2.35. The lowest BCUT2D eigenvalue weighted by atomic mass is 9.84. The molecule has 100 valence electrons. The molecule has 0 aromatic heterocycles. The zero-order valence-electron chi connectivity index (χ0n) is 11.2. The molecule has 1 aromatic carbocycles. The van der Waals surface area contributed by atoms with Crippen LogP contribution in [0.3, 0.4) is 0 Å². The van der Waals surface area contributed by atoms with Crippen molar-refractivity contribution in [2.45, 2.75) is 31.2 Å². The minimum atomic E-state index is -0.797. The second-order valence-corrected chi connectivity index (χ2v) is 4.82. The fraction of sp³-hybridized carbons (Fsp3) is 0.438. The third-order valence-electron chi connectivity index (χ3n) is 3.75. The normalized spacial score (nSPS) is 21.9. The lowest BCUT2D eigenvalue weighted by Gasteiger charge is -2.32. The largest absolute Gasteiger partial charge is 0.467 e. The van der Waals surface area contributed by atoms with Gasteiger partial charge in [0, 0.05) is 0 Å². The first-order valence-corrected chi connectivity index (χ1v) is 6.60. The quantitative estimate of drug-likeness (QED) is 0.511. The number of carbonyl (C=O) groups excluding carboxylic acids is 1. The Hall–Kier alpha value is -1.79. The molecule has 1 aliphatic carbocycles. The molecule has 3 nitrogen and oxygen atoms in total. The molecule has 0 aliphatic heterocycles. The molecular formula is C16H19NO2. The summed E-state index contributed by atoms with van der Waals surface area (Å²) in [4.78, 5) is 12.4. The molecule has 1 aliphatic rings. The van der Waals surface area contributed by atoms with E-state index in [2.05, 4.69) is 17.3 Å². The van der Waals surface area contributed by atoms with Gasteiger partial charge >= 0.3 is 5.97 Å². The van der Waals surface area contributed by atoms with Crippen molar-refractivity contribution in [2.24, 2.45) is 0 Å². The van der Waals surface area contributed by atoms with Crippen LogP contribution in [0, 0.1) is 12.3 Å². The number of hydrogen-bond donors (Lipinski definition) is 1. The van der Waals surface area contributed by atoms with Gasteiger partial charge in [0.2, 0.25) is 0 Å². The van der Waals surface area contributed by atoms with Crippen LogP contribution in [0.25, 0.3) is 0 Å². The Balaban J connectivity index is 2.52. The van der Waals surface area contributed by atoms with Crippen molar-refractivity contribution in [2.75, 3.05) is 13.7 Å². The van der Waals surface area contributed by atoms with E-state index in [-0.39, 0.29) is 5.97 Å². The van der Waals surface area contributed by atoms with E-state index < -0.39 is 5.54 Å². The number of aryl methyl sites for hydroxylation is 1. The monoisotopic (exact) mass is 257 g/mol. The van der Waals surface area contributed by atoms with Gasteiger partial charge in [-0.05, 0) is 30.4 Å². The lowest BCUT2D eigenvalue weighted by Crippen LogP contribution is -2.50. The van der Waals surface area contributed by atoms with Gasteiger partial charge < -0.3 is 4.74 Å².